The first-order chi connectivity index (χ1) is 5.11. The second-order valence-corrected chi connectivity index (χ2v) is 2.45. The maximum absolute atomic E-state index is 9.12. The second kappa shape index (κ2) is 4.97. The summed E-state index contributed by atoms with van der Waals surface area (Å²) in [5.74, 6) is 0.677. The van der Waals surface area contributed by atoms with Crippen molar-refractivity contribution in [1.29, 1.82) is 0 Å². The van der Waals surface area contributed by atoms with Gasteiger partial charge in [0, 0.05) is 6.42 Å². The van der Waals surface area contributed by atoms with Crippen molar-refractivity contribution in [1.82, 2.24) is 0 Å². The summed E-state index contributed by atoms with van der Waals surface area (Å²) < 4.78 is 5.25. The molecule has 0 aromatic carbocycles. The van der Waals surface area contributed by atoms with Gasteiger partial charge in [0.25, 0.3) is 0 Å². The third kappa shape index (κ3) is 3.83. The van der Waals surface area contributed by atoms with Crippen LogP contribution < -0.4 is 0 Å². The maximum Gasteiger partial charge on any atom is 0.142 e. The van der Waals surface area contributed by atoms with Gasteiger partial charge in [0.1, 0.15) is 6.10 Å². The molecule has 0 saturated carbocycles. The van der Waals surface area contributed by atoms with E-state index in [1.165, 1.54) is 0 Å². The summed E-state index contributed by atoms with van der Waals surface area (Å²) in [6, 6.07) is 0. The van der Waals surface area contributed by atoms with Gasteiger partial charge in [-0.25, -0.2) is 0 Å². The lowest BCUT2D eigenvalue weighted by Gasteiger charge is -2.18. The molecule has 0 aliphatic rings. The number of aliphatic hydroxyl groups excluding tert-OH is 1. The van der Waals surface area contributed by atoms with Crippen LogP contribution in [-0.4, -0.2) is 17.3 Å². The van der Waals surface area contributed by atoms with Gasteiger partial charge in [-0.3, -0.25) is 0 Å². The first kappa shape index (κ1) is 10.2. The highest BCUT2D eigenvalue weighted by atomic mass is 16.5. The number of hydrogen-bond donors (Lipinski definition) is 1. The predicted molar refractivity (Wildman–Crippen MR) is 46.2 cm³/mol. The van der Waals surface area contributed by atoms with Crippen molar-refractivity contribution in [3.63, 3.8) is 0 Å². The normalized spacial score (nSPS) is 15.2. The van der Waals surface area contributed by atoms with Crippen LogP contribution in [0.4, 0.5) is 0 Å². The molecule has 0 bridgehead atoms. The molecule has 0 rings (SSSR count). The highest BCUT2D eigenvalue weighted by Gasteiger charge is 2.11. The molecule has 0 aliphatic carbocycles. The van der Waals surface area contributed by atoms with Crippen molar-refractivity contribution in [3.8, 4) is 0 Å². The van der Waals surface area contributed by atoms with Gasteiger partial charge in [-0.2, -0.15) is 0 Å². The third-order valence-electron chi connectivity index (χ3n) is 1.40. The highest BCUT2D eigenvalue weighted by molar-refractivity contribution is 4.90. The summed E-state index contributed by atoms with van der Waals surface area (Å²) in [6.07, 6.45) is 1.47. The summed E-state index contributed by atoms with van der Waals surface area (Å²) in [7, 11) is 0. The molecule has 2 atom stereocenters. The Labute approximate surface area is 68.2 Å². The van der Waals surface area contributed by atoms with Gasteiger partial charge in [-0.1, -0.05) is 20.1 Å². The van der Waals surface area contributed by atoms with Crippen molar-refractivity contribution in [2.75, 3.05) is 0 Å². The molecule has 2 heteroatoms. The summed E-state index contributed by atoms with van der Waals surface area (Å²) >= 11 is 0. The van der Waals surface area contributed by atoms with E-state index < -0.39 is 6.10 Å². The minimum absolute atomic E-state index is 0.331. The van der Waals surface area contributed by atoms with Crippen LogP contribution in [0.3, 0.4) is 0 Å². The Kier molecular flexibility index (Phi) is 4.62. The fourth-order valence-electron chi connectivity index (χ4n) is 0.619. The number of aliphatic hydroxyl groups is 1. The van der Waals surface area contributed by atoms with Gasteiger partial charge in [-0.05, 0) is 13.0 Å². The minimum Gasteiger partial charge on any atom is -0.489 e. The Morgan fingerprint density at radius 2 is 2.27 bits per heavy atom. The quantitative estimate of drug-likeness (QED) is 0.486. The Balaban J connectivity index is 3.87. The second-order valence-electron chi connectivity index (χ2n) is 2.45. The van der Waals surface area contributed by atoms with E-state index in [2.05, 4.69) is 13.2 Å². The van der Waals surface area contributed by atoms with Gasteiger partial charge in [0.05, 0.1) is 11.9 Å². The molecule has 2 unspecified atom stereocenters. The first-order valence-corrected chi connectivity index (χ1v) is 3.76. The monoisotopic (exact) mass is 156 g/mol. The van der Waals surface area contributed by atoms with Crippen molar-refractivity contribution >= 4 is 0 Å². The van der Waals surface area contributed by atoms with Crippen LogP contribution >= 0.6 is 0 Å². The van der Waals surface area contributed by atoms with Crippen molar-refractivity contribution in [3.05, 3.63) is 25.0 Å². The molecule has 1 N–H and O–H groups in total. The van der Waals surface area contributed by atoms with Crippen LogP contribution in [0.5, 0.6) is 0 Å². The van der Waals surface area contributed by atoms with Crippen LogP contribution in [0.1, 0.15) is 20.3 Å². The molecule has 0 saturated heterocycles. The lowest BCUT2D eigenvalue weighted by atomic mass is 10.2. The molecule has 0 aromatic heterocycles. The van der Waals surface area contributed by atoms with Gasteiger partial charge in [0.2, 0.25) is 0 Å². The number of rotatable bonds is 5. The molecule has 0 aliphatic heterocycles. The topological polar surface area (TPSA) is 29.5 Å². The summed E-state index contributed by atoms with van der Waals surface area (Å²) in [5.41, 5.74) is 0. The molecule has 0 aromatic rings. The van der Waals surface area contributed by atoms with Crippen molar-refractivity contribution in [2.45, 2.75) is 32.5 Å². The molecular formula is C9H16O2. The van der Waals surface area contributed by atoms with E-state index in [9.17, 15) is 0 Å². The van der Waals surface area contributed by atoms with Crippen LogP contribution in [-0.2, 0) is 4.74 Å². The Morgan fingerprint density at radius 1 is 1.73 bits per heavy atom. The van der Waals surface area contributed by atoms with E-state index in [0.29, 0.717) is 5.76 Å². The van der Waals surface area contributed by atoms with Crippen molar-refractivity contribution in [2.24, 2.45) is 0 Å². The molecule has 11 heavy (non-hydrogen) atoms. The van der Waals surface area contributed by atoms with Crippen LogP contribution in [0.15, 0.2) is 25.0 Å². The van der Waals surface area contributed by atoms with Gasteiger partial charge in [0.15, 0.2) is 0 Å². The van der Waals surface area contributed by atoms with E-state index in [1.54, 1.807) is 13.0 Å². The molecule has 0 heterocycles. The fourth-order valence-corrected chi connectivity index (χ4v) is 0.619. The zero-order valence-electron chi connectivity index (χ0n) is 7.21. The minimum atomic E-state index is -0.532. The third-order valence-corrected chi connectivity index (χ3v) is 1.40. The number of ether oxygens (including phenoxy) is 1. The van der Waals surface area contributed by atoms with Gasteiger partial charge >= 0.3 is 0 Å². The summed E-state index contributed by atoms with van der Waals surface area (Å²) in [4.78, 5) is 0. The van der Waals surface area contributed by atoms with E-state index in [1.807, 2.05) is 6.92 Å². The van der Waals surface area contributed by atoms with Crippen LogP contribution in [0.25, 0.3) is 0 Å². The van der Waals surface area contributed by atoms with Gasteiger partial charge in [-0.15, -0.1) is 0 Å². The average Bonchev–Trinajstić information content (AvgIpc) is 1.99. The molecule has 0 fully saturated rings. The standard InChI is InChI=1S/C9H16O2/c1-5-7(3)11-9(6-2)8(4)10/h6,8-10H,2-3,5H2,1,4H3. The number of hydrogen-bond acceptors (Lipinski definition) is 2. The smallest absolute Gasteiger partial charge is 0.142 e. The van der Waals surface area contributed by atoms with Crippen molar-refractivity contribution < 1.29 is 9.84 Å². The molecule has 0 spiro atoms. The fraction of sp³-hybridized carbons (Fsp3) is 0.556. The zero-order valence-corrected chi connectivity index (χ0v) is 7.21. The lowest BCUT2D eigenvalue weighted by molar-refractivity contribution is 0.0338. The highest BCUT2D eigenvalue weighted by Crippen LogP contribution is 2.08. The zero-order chi connectivity index (χ0) is 8.85. The largest absolute Gasteiger partial charge is 0.489 e. The molecule has 0 amide bonds. The Bertz CT molecular complexity index is 138. The van der Waals surface area contributed by atoms with Crippen LogP contribution in [0.2, 0.25) is 0 Å². The molecule has 0 radical (unpaired) electrons. The van der Waals surface area contributed by atoms with Crippen LogP contribution in [0, 0.1) is 0 Å². The predicted octanol–water partition coefficient (Wildman–Crippen LogP) is 1.86. The molecule has 2 nitrogen and oxygen atoms in total. The maximum atomic E-state index is 9.12. The van der Waals surface area contributed by atoms with E-state index in [-0.39, 0.29) is 6.10 Å². The average molecular weight is 156 g/mol. The Hall–Kier alpha value is -0.760. The molecule has 64 valence electrons. The number of allylic oxidation sites excluding steroid dienone is 1. The van der Waals surface area contributed by atoms with E-state index in [4.69, 9.17) is 9.84 Å². The Morgan fingerprint density at radius 3 is 2.55 bits per heavy atom. The first-order valence-electron chi connectivity index (χ1n) is 3.76. The van der Waals surface area contributed by atoms with E-state index in [0.717, 1.165) is 6.42 Å². The lowest BCUT2D eigenvalue weighted by Crippen LogP contribution is -2.23. The van der Waals surface area contributed by atoms with E-state index >= 15 is 0 Å². The summed E-state index contributed by atoms with van der Waals surface area (Å²) in [5, 5.41) is 9.12. The summed E-state index contributed by atoms with van der Waals surface area (Å²) in [6.45, 7) is 10.8. The van der Waals surface area contributed by atoms with Gasteiger partial charge < -0.3 is 9.84 Å². The SMILES string of the molecule is C=CC(OC(=C)CC)C(C)O. The molecular weight excluding hydrogens is 140 g/mol.